The Labute approximate surface area is 110 Å². The highest BCUT2D eigenvalue weighted by atomic mass is 16.5. The average molecular weight is 254 g/mol. The molecule has 5 nitrogen and oxygen atoms in total. The van der Waals surface area contributed by atoms with E-state index in [1.54, 1.807) is 13.3 Å². The molecule has 0 aliphatic carbocycles. The van der Waals surface area contributed by atoms with E-state index < -0.39 is 0 Å². The van der Waals surface area contributed by atoms with Crippen molar-refractivity contribution in [2.75, 3.05) is 7.11 Å². The molecule has 1 aromatic carbocycles. The summed E-state index contributed by atoms with van der Waals surface area (Å²) in [7, 11) is 1.66. The van der Waals surface area contributed by atoms with E-state index in [1.807, 2.05) is 42.7 Å². The van der Waals surface area contributed by atoms with E-state index in [0.29, 0.717) is 0 Å². The Morgan fingerprint density at radius 1 is 1.11 bits per heavy atom. The third kappa shape index (κ3) is 1.83. The summed E-state index contributed by atoms with van der Waals surface area (Å²) in [6, 6.07) is 7.93. The third-order valence-corrected chi connectivity index (χ3v) is 3.13. The lowest BCUT2D eigenvalue weighted by Gasteiger charge is -2.12. The van der Waals surface area contributed by atoms with Crippen LogP contribution >= 0.6 is 0 Å². The molecule has 0 saturated heterocycles. The number of fused-ring (bicyclic) bond motifs is 1. The number of aromatic nitrogens is 4. The molecule has 3 aromatic rings. The Balaban J connectivity index is 2.33. The molecule has 0 aliphatic heterocycles. The van der Waals surface area contributed by atoms with Gasteiger partial charge in [-0.2, -0.15) is 0 Å². The summed E-state index contributed by atoms with van der Waals surface area (Å²) < 4.78 is 7.45. The maximum atomic E-state index is 5.47. The Bertz CT molecular complexity index is 729. The molecule has 0 bridgehead atoms. The molecule has 0 atom stereocenters. The number of nitrogens with zero attached hydrogens (tertiary/aromatic N) is 4. The lowest BCUT2D eigenvalue weighted by Crippen LogP contribution is -2.02. The summed E-state index contributed by atoms with van der Waals surface area (Å²) >= 11 is 0. The van der Waals surface area contributed by atoms with E-state index in [1.165, 1.54) is 0 Å². The number of aryl methyl sites for hydroxylation is 2. The van der Waals surface area contributed by atoms with Gasteiger partial charge in [-0.3, -0.25) is 9.55 Å². The molecule has 0 saturated carbocycles. The average Bonchev–Trinajstić information content (AvgIpc) is 2.76. The number of hydrogen-bond acceptors (Lipinski definition) is 4. The van der Waals surface area contributed by atoms with Crippen molar-refractivity contribution >= 4 is 10.9 Å². The molecule has 96 valence electrons. The van der Waals surface area contributed by atoms with Crippen molar-refractivity contribution in [2.24, 2.45) is 0 Å². The first-order valence-electron chi connectivity index (χ1n) is 6.02. The number of benzene rings is 1. The predicted molar refractivity (Wildman–Crippen MR) is 72.7 cm³/mol. The van der Waals surface area contributed by atoms with Gasteiger partial charge in [0.25, 0.3) is 0 Å². The third-order valence-electron chi connectivity index (χ3n) is 3.13. The fraction of sp³-hybridized carbons (Fsp3) is 0.214. The monoisotopic (exact) mass is 254 g/mol. The largest absolute Gasteiger partial charge is 0.494 e. The predicted octanol–water partition coefficient (Wildman–Crippen LogP) is 2.44. The number of rotatable bonds is 2. The van der Waals surface area contributed by atoms with Crippen molar-refractivity contribution in [3.05, 3.63) is 42.1 Å². The van der Waals surface area contributed by atoms with Gasteiger partial charge in [-0.1, -0.05) is 6.07 Å². The Morgan fingerprint density at radius 3 is 2.53 bits per heavy atom. The Hall–Kier alpha value is -2.43. The van der Waals surface area contributed by atoms with Crippen LogP contribution in [-0.2, 0) is 0 Å². The van der Waals surface area contributed by atoms with E-state index in [0.717, 1.165) is 34.0 Å². The van der Waals surface area contributed by atoms with Crippen LogP contribution in [0.2, 0.25) is 0 Å². The zero-order chi connectivity index (χ0) is 13.4. The van der Waals surface area contributed by atoms with E-state index in [4.69, 9.17) is 4.74 Å². The van der Waals surface area contributed by atoms with E-state index in [9.17, 15) is 0 Å². The van der Waals surface area contributed by atoms with Crippen LogP contribution in [0, 0.1) is 13.8 Å². The van der Waals surface area contributed by atoms with Gasteiger partial charge >= 0.3 is 0 Å². The second kappa shape index (κ2) is 4.35. The van der Waals surface area contributed by atoms with Crippen LogP contribution in [0.4, 0.5) is 0 Å². The number of pyridine rings is 1. The van der Waals surface area contributed by atoms with E-state index in [2.05, 4.69) is 15.2 Å². The van der Waals surface area contributed by atoms with Crippen molar-refractivity contribution in [1.82, 2.24) is 19.7 Å². The smallest absolute Gasteiger partial charge is 0.145 e. The normalized spacial score (nSPS) is 10.9. The number of hydrogen-bond donors (Lipinski definition) is 0. The van der Waals surface area contributed by atoms with Gasteiger partial charge in [-0.15, -0.1) is 10.2 Å². The van der Waals surface area contributed by atoms with Crippen molar-refractivity contribution in [3.63, 3.8) is 0 Å². The van der Waals surface area contributed by atoms with Gasteiger partial charge in [-0.05, 0) is 26.0 Å². The molecule has 2 aromatic heterocycles. The highest BCUT2D eigenvalue weighted by molar-refractivity contribution is 5.83. The van der Waals surface area contributed by atoms with Crippen LogP contribution in [0.1, 0.15) is 11.6 Å². The van der Waals surface area contributed by atoms with Crippen molar-refractivity contribution in [2.45, 2.75) is 13.8 Å². The van der Waals surface area contributed by atoms with Crippen LogP contribution in [0.15, 0.2) is 30.5 Å². The second-order valence-electron chi connectivity index (χ2n) is 4.35. The molecule has 5 heteroatoms. The summed E-state index contributed by atoms with van der Waals surface area (Å²) in [6.07, 6.45) is 1.77. The maximum absolute atomic E-state index is 5.47. The van der Waals surface area contributed by atoms with Crippen LogP contribution < -0.4 is 4.74 Å². The van der Waals surface area contributed by atoms with E-state index >= 15 is 0 Å². The highest BCUT2D eigenvalue weighted by Crippen LogP contribution is 2.29. The molecule has 0 unspecified atom stereocenters. The second-order valence-corrected chi connectivity index (χ2v) is 4.35. The highest BCUT2D eigenvalue weighted by Gasteiger charge is 2.13. The topological polar surface area (TPSA) is 52.8 Å². The van der Waals surface area contributed by atoms with Crippen LogP contribution in [0.25, 0.3) is 16.6 Å². The molecule has 2 heterocycles. The van der Waals surface area contributed by atoms with Gasteiger partial charge in [0.1, 0.15) is 17.4 Å². The van der Waals surface area contributed by atoms with Gasteiger partial charge < -0.3 is 4.74 Å². The summed E-state index contributed by atoms with van der Waals surface area (Å²) in [5.41, 5.74) is 1.84. The first kappa shape index (κ1) is 11.6. The van der Waals surface area contributed by atoms with Crippen molar-refractivity contribution in [1.29, 1.82) is 0 Å². The molecule has 0 radical (unpaired) electrons. The van der Waals surface area contributed by atoms with Crippen LogP contribution in [0.3, 0.4) is 0 Å². The lowest BCUT2D eigenvalue weighted by molar-refractivity contribution is 0.413. The van der Waals surface area contributed by atoms with Gasteiger partial charge in [-0.25, -0.2) is 0 Å². The summed E-state index contributed by atoms with van der Waals surface area (Å²) in [4.78, 5) is 4.34. The fourth-order valence-electron chi connectivity index (χ4n) is 2.24. The molecule has 3 rings (SSSR count). The summed E-state index contributed by atoms with van der Waals surface area (Å²) in [6.45, 7) is 3.85. The SMILES string of the molecule is COc1cc2ncccc2cc1-n1c(C)nnc1C. The summed E-state index contributed by atoms with van der Waals surface area (Å²) in [5.74, 6) is 2.43. The standard InChI is InChI=1S/C14H14N4O/c1-9-16-17-10(2)18(9)13-7-11-5-4-6-15-12(11)8-14(13)19-3/h4-8H,1-3H3. The quantitative estimate of drug-likeness (QED) is 0.705. The Morgan fingerprint density at radius 2 is 1.84 bits per heavy atom. The lowest BCUT2D eigenvalue weighted by atomic mass is 10.1. The van der Waals surface area contributed by atoms with E-state index in [-0.39, 0.29) is 0 Å². The molecule has 0 aliphatic rings. The van der Waals surface area contributed by atoms with Gasteiger partial charge in [0.05, 0.1) is 18.3 Å². The molecule has 19 heavy (non-hydrogen) atoms. The minimum Gasteiger partial charge on any atom is -0.494 e. The van der Waals surface area contributed by atoms with Gasteiger partial charge in [0.2, 0.25) is 0 Å². The number of ether oxygens (including phenoxy) is 1. The Kier molecular flexibility index (Phi) is 2.67. The first-order chi connectivity index (χ1) is 9.20. The molecule has 0 spiro atoms. The molecule has 0 amide bonds. The number of methoxy groups -OCH3 is 1. The van der Waals surface area contributed by atoms with Gasteiger partial charge in [0, 0.05) is 17.6 Å². The minimum atomic E-state index is 0.761. The van der Waals surface area contributed by atoms with Crippen LogP contribution in [-0.4, -0.2) is 26.9 Å². The van der Waals surface area contributed by atoms with Crippen molar-refractivity contribution in [3.8, 4) is 11.4 Å². The molecular formula is C14H14N4O. The first-order valence-corrected chi connectivity index (χ1v) is 6.02. The van der Waals surface area contributed by atoms with Crippen LogP contribution in [0.5, 0.6) is 5.75 Å². The maximum Gasteiger partial charge on any atom is 0.145 e. The molecule has 0 N–H and O–H groups in total. The fourth-order valence-corrected chi connectivity index (χ4v) is 2.24. The zero-order valence-corrected chi connectivity index (χ0v) is 11.1. The molecule has 0 fully saturated rings. The molecular weight excluding hydrogens is 240 g/mol. The zero-order valence-electron chi connectivity index (χ0n) is 11.1. The summed E-state index contributed by atoms with van der Waals surface area (Å²) in [5, 5.41) is 9.24. The van der Waals surface area contributed by atoms with Crippen molar-refractivity contribution < 1.29 is 4.74 Å². The van der Waals surface area contributed by atoms with Gasteiger partial charge in [0.15, 0.2) is 0 Å². The minimum absolute atomic E-state index is 0.761.